The molecule has 2 saturated heterocycles. The first-order valence-electron chi connectivity index (χ1n) is 20.7. The number of fused-ring (bicyclic) bond motifs is 1. The number of hydrogen-bond donors (Lipinski definition) is 0. The summed E-state index contributed by atoms with van der Waals surface area (Å²) in [5, 5.41) is 0.371. The fraction of sp³-hybridized carbons (Fsp3) is 0.388. The maximum atomic E-state index is 14.8. The Hall–Kier alpha value is -5.27. The monoisotopic (exact) mass is 898 g/mol. The van der Waals surface area contributed by atoms with E-state index in [4.69, 9.17) is 46.9 Å². The number of carbonyl (C=O) groups is 4. The second kappa shape index (κ2) is 17.0. The number of pyridine rings is 2. The minimum absolute atomic E-state index is 0.145. The van der Waals surface area contributed by atoms with Crippen molar-refractivity contribution in [3.63, 3.8) is 0 Å². The molecule has 2 aromatic heterocycles. The Morgan fingerprint density at radius 2 is 1.25 bits per heavy atom. The van der Waals surface area contributed by atoms with Gasteiger partial charge in [-0.05, 0) is 133 Å². The van der Waals surface area contributed by atoms with Crippen LogP contribution in [0.25, 0.3) is 10.9 Å². The van der Waals surface area contributed by atoms with E-state index in [1.165, 1.54) is 7.11 Å². The highest BCUT2D eigenvalue weighted by molar-refractivity contribution is 6.37. The predicted octanol–water partition coefficient (Wildman–Crippen LogP) is 10.9. The number of para-hydroxylation sites is 1. The lowest BCUT2D eigenvalue weighted by molar-refractivity contribution is -0.189. The standard InChI is InChI=1S/C49H49Cl2FN2O9/c1-10-26-17-20-30(61-45-38(51)39(59-9)37(50)44(52)54-45)25-31(26)36-42(57)48(6,7)63-49(8,43(36)58)23-13-15-27-18-21-29(60-34-22-19-28-14-11-12-16-33(28)53-34)24-32(27)35-40(55)46(2,3)62-47(4,5)41(35)56/h11-12,14,16-22,24-25,35-36H,10,13,15,23H2,1-9H3. The first-order valence-corrected chi connectivity index (χ1v) is 21.5. The first kappa shape index (κ1) is 45.7. The van der Waals surface area contributed by atoms with Crippen molar-refractivity contribution in [3.05, 3.63) is 111 Å². The van der Waals surface area contributed by atoms with Crippen molar-refractivity contribution in [2.45, 2.75) is 115 Å². The number of nitrogens with zero attached hydrogens (tertiary/aromatic N) is 2. The van der Waals surface area contributed by atoms with Crippen LogP contribution in [-0.4, -0.2) is 62.6 Å². The number of methoxy groups -OCH3 is 1. The van der Waals surface area contributed by atoms with E-state index in [2.05, 4.69) is 9.97 Å². The van der Waals surface area contributed by atoms with Gasteiger partial charge in [-0.1, -0.05) is 60.5 Å². The molecule has 0 radical (unpaired) electrons. The number of benzene rings is 3. The summed E-state index contributed by atoms with van der Waals surface area (Å²) >= 11 is 12.4. The molecular formula is C49H49Cl2FN2O9. The molecule has 0 aliphatic carbocycles. The summed E-state index contributed by atoms with van der Waals surface area (Å²) in [6.07, 6.45) is 1.37. The van der Waals surface area contributed by atoms with E-state index in [-0.39, 0.29) is 40.4 Å². The van der Waals surface area contributed by atoms with Crippen molar-refractivity contribution in [1.82, 2.24) is 9.97 Å². The van der Waals surface area contributed by atoms with Gasteiger partial charge in [0.1, 0.15) is 55.8 Å². The summed E-state index contributed by atoms with van der Waals surface area (Å²) in [6, 6.07) is 21.5. The summed E-state index contributed by atoms with van der Waals surface area (Å²) in [6.45, 7) is 13.5. The molecule has 330 valence electrons. The fourth-order valence-electron chi connectivity index (χ4n) is 8.76. The highest BCUT2D eigenvalue weighted by atomic mass is 35.5. The van der Waals surface area contributed by atoms with E-state index in [9.17, 15) is 23.6 Å². The van der Waals surface area contributed by atoms with Crippen molar-refractivity contribution in [1.29, 1.82) is 0 Å². The third-order valence-corrected chi connectivity index (χ3v) is 12.5. The number of rotatable bonds is 12. The Labute approximate surface area is 375 Å². The lowest BCUT2D eigenvalue weighted by Gasteiger charge is -2.45. The molecule has 63 heavy (non-hydrogen) atoms. The Morgan fingerprint density at radius 3 is 1.89 bits per heavy atom. The Balaban J connectivity index is 1.20. The maximum absolute atomic E-state index is 14.8. The molecule has 0 N–H and O–H groups in total. The molecule has 2 unspecified atom stereocenters. The highest BCUT2D eigenvalue weighted by Crippen LogP contribution is 2.46. The lowest BCUT2D eigenvalue weighted by atomic mass is 9.71. The predicted molar refractivity (Wildman–Crippen MR) is 236 cm³/mol. The number of ketones is 4. The van der Waals surface area contributed by atoms with Crippen molar-refractivity contribution in [2.24, 2.45) is 0 Å². The normalized spacial score (nSPS) is 20.9. The smallest absolute Gasteiger partial charge is 0.244 e. The molecule has 3 aromatic carbocycles. The van der Waals surface area contributed by atoms with Gasteiger partial charge < -0.3 is 23.7 Å². The second-order valence-corrected chi connectivity index (χ2v) is 18.4. The molecular weight excluding hydrogens is 850 g/mol. The van der Waals surface area contributed by atoms with Crippen LogP contribution >= 0.6 is 23.2 Å². The van der Waals surface area contributed by atoms with Crippen molar-refractivity contribution < 1.29 is 47.3 Å². The van der Waals surface area contributed by atoms with Crippen LogP contribution < -0.4 is 14.2 Å². The number of hydrogen-bond acceptors (Lipinski definition) is 11. The summed E-state index contributed by atoms with van der Waals surface area (Å²) in [4.78, 5) is 65.6. The first-order chi connectivity index (χ1) is 29.6. The van der Waals surface area contributed by atoms with Crippen LogP contribution in [0.5, 0.6) is 29.0 Å². The molecule has 14 heteroatoms. The molecule has 0 bridgehead atoms. The van der Waals surface area contributed by atoms with Crippen LogP contribution in [0.15, 0.2) is 72.8 Å². The van der Waals surface area contributed by atoms with E-state index in [0.717, 1.165) is 16.5 Å². The van der Waals surface area contributed by atoms with Gasteiger partial charge in [-0.25, -0.2) is 4.98 Å². The van der Waals surface area contributed by atoms with Crippen LogP contribution in [0.4, 0.5) is 4.39 Å². The van der Waals surface area contributed by atoms with E-state index < -0.39 is 56.8 Å². The van der Waals surface area contributed by atoms with E-state index in [0.29, 0.717) is 47.6 Å². The number of halogens is 3. The number of ether oxygens (including phenoxy) is 5. The Morgan fingerprint density at radius 1 is 0.683 bits per heavy atom. The third-order valence-electron chi connectivity index (χ3n) is 11.9. The molecule has 4 heterocycles. The lowest BCUT2D eigenvalue weighted by Crippen LogP contribution is -2.59. The van der Waals surface area contributed by atoms with Crippen molar-refractivity contribution >= 4 is 57.2 Å². The highest BCUT2D eigenvalue weighted by Gasteiger charge is 2.56. The van der Waals surface area contributed by atoms with Gasteiger partial charge >= 0.3 is 0 Å². The summed E-state index contributed by atoms with van der Waals surface area (Å²) in [5.41, 5.74) is -2.31. The van der Waals surface area contributed by atoms with Gasteiger partial charge in [0.25, 0.3) is 0 Å². The molecule has 2 aliphatic heterocycles. The quantitative estimate of drug-likeness (QED) is 0.0873. The largest absolute Gasteiger partial charge is 0.493 e. The van der Waals surface area contributed by atoms with Gasteiger partial charge in [-0.15, -0.1) is 0 Å². The maximum Gasteiger partial charge on any atom is 0.244 e. The topological polar surface area (TPSA) is 140 Å². The number of carbonyl (C=O) groups excluding carboxylic acids is 4. The Bertz CT molecular complexity index is 2660. The van der Waals surface area contributed by atoms with Crippen LogP contribution in [-0.2, 0) is 41.5 Å². The van der Waals surface area contributed by atoms with Gasteiger partial charge in [0.15, 0.2) is 28.9 Å². The van der Waals surface area contributed by atoms with E-state index >= 15 is 0 Å². The Kier molecular flexibility index (Phi) is 12.4. The number of aromatic nitrogens is 2. The van der Waals surface area contributed by atoms with Gasteiger partial charge in [0.05, 0.1) is 12.6 Å². The minimum Gasteiger partial charge on any atom is -0.493 e. The van der Waals surface area contributed by atoms with Crippen molar-refractivity contribution in [2.75, 3.05) is 7.11 Å². The van der Waals surface area contributed by atoms with Crippen LogP contribution in [0.1, 0.15) is 102 Å². The number of aryl methyl sites for hydroxylation is 2. The zero-order valence-corrected chi connectivity index (χ0v) is 38.1. The zero-order valence-electron chi connectivity index (χ0n) is 36.6. The molecule has 2 aliphatic rings. The van der Waals surface area contributed by atoms with E-state index in [1.54, 1.807) is 84.9 Å². The second-order valence-electron chi connectivity index (χ2n) is 17.6. The summed E-state index contributed by atoms with van der Waals surface area (Å²) < 4.78 is 44.4. The van der Waals surface area contributed by atoms with Gasteiger partial charge in [-0.3, -0.25) is 19.2 Å². The molecule has 0 amide bonds. The molecule has 0 spiro atoms. The molecule has 2 atom stereocenters. The average Bonchev–Trinajstić information content (AvgIpc) is 3.22. The zero-order chi connectivity index (χ0) is 45.8. The average molecular weight is 900 g/mol. The summed E-state index contributed by atoms with van der Waals surface area (Å²) in [7, 11) is 1.27. The molecule has 7 rings (SSSR count). The number of Topliss-reactive ketones (excluding diaryl/α,β-unsaturated/α-hetero) is 4. The van der Waals surface area contributed by atoms with Gasteiger partial charge in [-0.2, -0.15) is 9.37 Å². The van der Waals surface area contributed by atoms with Crippen LogP contribution in [0.2, 0.25) is 10.0 Å². The van der Waals surface area contributed by atoms with Crippen LogP contribution in [0, 0.1) is 5.95 Å². The van der Waals surface area contributed by atoms with Crippen molar-refractivity contribution in [3.8, 4) is 29.0 Å². The minimum atomic E-state index is -1.44. The molecule has 2 fully saturated rings. The summed E-state index contributed by atoms with van der Waals surface area (Å²) in [5.74, 6) is -4.71. The SMILES string of the molecule is CCc1ccc(Oc2nc(F)c(Cl)c(OC)c2Cl)cc1C1C(=O)C(C)(C)OC(C)(CCCc2ccc(Oc3ccc4ccccc4n3)cc2C2C(=O)C(C)(C)OC(C)(C)C2=O)C1=O. The van der Waals surface area contributed by atoms with Crippen LogP contribution in [0.3, 0.4) is 0 Å². The van der Waals surface area contributed by atoms with Gasteiger partial charge in [0, 0.05) is 11.5 Å². The van der Waals surface area contributed by atoms with E-state index in [1.807, 2.05) is 43.3 Å². The third kappa shape index (κ3) is 8.70. The van der Waals surface area contributed by atoms with Gasteiger partial charge in [0.2, 0.25) is 17.7 Å². The molecule has 0 saturated carbocycles. The molecule has 5 aromatic rings. The molecule has 11 nitrogen and oxygen atoms in total. The fourth-order valence-corrected chi connectivity index (χ4v) is 9.28.